The van der Waals surface area contributed by atoms with Crippen molar-refractivity contribution in [2.24, 2.45) is 7.05 Å². The van der Waals surface area contributed by atoms with Gasteiger partial charge in [0.2, 0.25) is 0 Å². The Hall–Kier alpha value is -1.61. The Morgan fingerprint density at radius 3 is 2.59 bits per heavy atom. The van der Waals surface area contributed by atoms with Crippen LogP contribution in [0.2, 0.25) is 0 Å². The number of benzene rings is 1. The van der Waals surface area contributed by atoms with Crippen LogP contribution in [0.3, 0.4) is 0 Å². The van der Waals surface area contributed by atoms with Gasteiger partial charge >= 0.3 is 0 Å². The molecule has 0 aliphatic heterocycles. The first kappa shape index (κ1) is 11.9. The highest BCUT2D eigenvalue weighted by Gasteiger charge is 2.09. The topological polar surface area (TPSA) is 29.9 Å². The van der Waals surface area contributed by atoms with Crippen LogP contribution < -0.4 is 5.32 Å². The summed E-state index contributed by atoms with van der Waals surface area (Å²) >= 11 is 0. The first-order valence-electron chi connectivity index (χ1n) is 6.00. The van der Waals surface area contributed by atoms with Crippen LogP contribution in [-0.2, 0) is 13.5 Å². The molecule has 1 aromatic heterocycles. The lowest BCUT2D eigenvalue weighted by Gasteiger charge is -2.15. The Bertz CT molecular complexity index is 448. The van der Waals surface area contributed by atoms with Crippen LogP contribution in [0.15, 0.2) is 42.6 Å². The van der Waals surface area contributed by atoms with E-state index in [0.29, 0.717) is 6.04 Å². The molecule has 0 aliphatic carbocycles. The molecule has 0 aliphatic rings. The predicted octanol–water partition coefficient (Wildman–Crippen LogP) is 2.31. The minimum atomic E-state index is 0.401. The lowest BCUT2D eigenvalue weighted by molar-refractivity contribution is 0.543. The summed E-state index contributed by atoms with van der Waals surface area (Å²) in [5.74, 6) is 0. The number of hydrogen-bond donors (Lipinski definition) is 1. The minimum absolute atomic E-state index is 0.401. The van der Waals surface area contributed by atoms with Crippen molar-refractivity contribution in [2.75, 3.05) is 7.05 Å². The molecule has 2 rings (SSSR count). The van der Waals surface area contributed by atoms with Gasteiger partial charge in [-0.25, -0.2) is 0 Å². The fourth-order valence-corrected chi connectivity index (χ4v) is 2.05. The Balaban J connectivity index is 1.97. The van der Waals surface area contributed by atoms with E-state index in [2.05, 4.69) is 46.8 Å². The SMILES string of the molecule is CNC(CCc1ccn(C)n1)c1ccccc1. The van der Waals surface area contributed by atoms with Crippen molar-refractivity contribution in [3.05, 3.63) is 53.9 Å². The summed E-state index contributed by atoms with van der Waals surface area (Å²) in [7, 11) is 3.96. The normalized spacial score (nSPS) is 12.6. The van der Waals surface area contributed by atoms with E-state index in [1.165, 1.54) is 5.56 Å². The van der Waals surface area contributed by atoms with Gasteiger partial charge < -0.3 is 5.32 Å². The third-order valence-electron chi connectivity index (χ3n) is 3.01. The van der Waals surface area contributed by atoms with Crippen molar-refractivity contribution < 1.29 is 0 Å². The zero-order chi connectivity index (χ0) is 12.1. The van der Waals surface area contributed by atoms with Crippen LogP contribution in [0.5, 0.6) is 0 Å². The van der Waals surface area contributed by atoms with Gasteiger partial charge in [-0.3, -0.25) is 4.68 Å². The van der Waals surface area contributed by atoms with Gasteiger partial charge in [-0.1, -0.05) is 30.3 Å². The van der Waals surface area contributed by atoms with Gasteiger partial charge in [-0.05, 0) is 31.5 Å². The first-order valence-corrected chi connectivity index (χ1v) is 6.00. The fraction of sp³-hybridized carbons (Fsp3) is 0.357. The van der Waals surface area contributed by atoms with E-state index in [1.54, 1.807) is 0 Å². The van der Waals surface area contributed by atoms with Gasteiger partial charge in [0.15, 0.2) is 0 Å². The molecule has 0 saturated heterocycles. The summed E-state index contributed by atoms with van der Waals surface area (Å²) in [6, 6.07) is 13.0. The monoisotopic (exact) mass is 229 g/mol. The van der Waals surface area contributed by atoms with Crippen molar-refractivity contribution in [1.82, 2.24) is 15.1 Å². The van der Waals surface area contributed by atoms with E-state index in [1.807, 2.05) is 25.0 Å². The molecule has 1 N–H and O–H groups in total. The van der Waals surface area contributed by atoms with Gasteiger partial charge in [0.1, 0.15) is 0 Å². The highest BCUT2D eigenvalue weighted by molar-refractivity contribution is 5.19. The summed E-state index contributed by atoms with van der Waals surface area (Å²) in [5.41, 5.74) is 2.50. The fourth-order valence-electron chi connectivity index (χ4n) is 2.05. The molecular formula is C14H19N3. The minimum Gasteiger partial charge on any atom is -0.313 e. The lowest BCUT2D eigenvalue weighted by Crippen LogP contribution is -2.17. The number of rotatable bonds is 5. The Labute approximate surface area is 102 Å². The van der Waals surface area contributed by atoms with Gasteiger partial charge in [-0.15, -0.1) is 0 Å². The number of hydrogen-bond acceptors (Lipinski definition) is 2. The summed E-state index contributed by atoms with van der Waals surface area (Å²) in [5, 5.41) is 7.76. The van der Waals surface area contributed by atoms with Crippen LogP contribution >= 0.6 is 0 Å². The molecule has 0 bridgehead atoms. The van der Waals surface area contributed by atoms with E-state index >= 15 is 0 Å². The summed E-state index contributed by atoms with van der Waals surface area (Å²) < 4.78 is 1.85. The molecule has 0 radical (unpaired) electrons. The van der Waals surface area contributed by atoms with Crippen molar-refractivity contribution in [1.29, 1.82) is 0 Å². The van der Waals surface area contributed by atoms with Crippen LogP contribution in [0, 0.1) is 0 Å². The molecule has 2 aromatic rings. The standard InChI is InChI=1S/C14H19N3/c1-15-14(12-6-4-3-5-7-12)9-8-13-10-11-17(2)16-13/h3-7,10-11,14-15H,8-9H2,1-2H3. The van der Waals surface area contributed by atoms with Gasteiger partial charge in [0.05, 0.1) is 5.69 Å². The van der Waals surface area contributed by atoms with E-state index < -0.39 is 0 Å². The molecule has 90 valence electrons. The Morgan fingerprint density at radius 1 is 1.24 bits per heavy atom. The summed E-state index contributed by atoms with van der Waals surface area (Å²) in [6.07, 6.45) is 4.06. The molecule has 1 heterocycles. The highest BCUT2D eigenvalue weighted by Crippen LogP contribution is 2.17. The first-order chi connectivity index (χ1) is 8.29. The molecule has 0 fully saturated rings. The van der Waals surface area contributed by atoms with Crippen LogP contribution in [0.4, 0.5) is 0 Å². The maximum absolute atomic E-state index is 4.40. The number of aryl methyl sites for hydroxylation is 2. The average Bonchev–Trinajstić information content (AvgIpc) is 2.77. The van der Waals surface area contributed by atoms with E-state index in [0.717, 1.165) is 18.5 Å². The maximum Gasteiger partial charge on any atom is 0.0625 e. The molecule has 0 amide bonds. The molecule has 1 unspecified atom stereocenters. The maximum atomic E-state index is 4.40. The third-order valence-corrected chi connectivity index (χ3v) is 3.01. The zero-order valence-corrected chi connectivity index (χ0v) is 10.4. The zero-order valence-electron chi connectivity index (χ0n) is 10.4. The molecule has 1 atom stereocenters. The molecular weight excluding hydrogens is 210 g/mol. The molecule has 3 heteroatoms. The van der Waals surface area contributed by atoms with Gasteiger partial charge in [0.25, 0.3) is 0 Å². The molecule has 3 nitrogen and oxygen atoms in total. The number of nitrogens with one attached hydrogen (secondary N) is 1. The van der Waals surface area contributed by atoms with E-state index in [9.17, 15) is 0 Å². The summed E-state index contributed by atoms with van der Waals surface area (Å²) in [4.78, 5) is 0. The van der Waals surface area contributed by atoms with E-state index in [-0.39, 0.29) is 0 Å². The molecule has 0 spiro atoms. The second kappa shape index (κ2) is 5.64. The molecule has 1 aromatic carbocycles. The number of nitrogens with zero attached hydrogens (tertiary/aromatic N) is 2. The van der Waals surface area contributed by atoms with Crippen LogP contribution in [-0.4, -0.2) is 16.8 Å². The number of aromatic nitrogens is 2. The van der Waals surface area contributed by atoms with Crippen molar-refractivity contribution >= 4 is 0 Å². The Morgan fingerprint density at radius 2 is 2.00 bits per heavy atom. The van der Waals surface area contributed by atoms with Crippen molar-refractivity contribution in [3.8, 4) is 0 Å². The quantitative estimate of drug-likeness (QED) is 0.852. The van der Waals surface area contributed by atoms with Crippen LogP contribution in [0.25, 0.3) is 0 Å². The van der Waals surface area contributed by atoms with Gasteiger partial charge in [-0.2, -0.15) is 5.10 Å². The van der Waals surface area contributed by atoms with Crippen molar-refractivity contribution in [3.63, 3.8) is 0 Å². The third kappa shape index (κ3) is 3.17. The predicted molar refractivity (Wildman–Crippen MR) is 69.8 cm³/mol. The average molecular weight is 229 g/mol. The second-order valence-corrected chi connectivity index (χ2v) is 4.27. The van der Waals surface area contributed by atoms with E-state index in [4.69, 9.17) is 0 Å². The van der Waals surface area contributed by atoms with Crippen molar-refractivity contribution in [2.45, 2.75) is 18.9 Å². The Kier molecular flexibility index (Phi) is 3.94. The smallest absolute Gasteiger partial charge is 0.0625 e. The largest absolute Gasteiger partial charge is 0.313 e. The van der Waals surface area contributed by atoms with Gasteiger partial charge in [0, 0.05) is 19.3 Å². The lowest BCUT2D eigenvalue weighted by atomic mass is 10.0. The molecule has 0 saturated carbocycles. The molecule has 17 heavy (non-hydrogen) atoms. The van der Waals surface area contributed by atoms with Crippen LogP contribution in [0.1, 0.15) is 23.7 Å². The second-order valence-electron chi connectivity index (χ2n) is 4.27. The summed E-state index contributed by atoms with van der Waals surface area (Å²) in [6.45, 7) is 0. The highest BCUT2D eigenvalue weighted by atomic mass is 15.2.